The number of rotatable bonds is 2. The zero-order chi connectivity index (χ0) is 13.9. The standard InChI is InChI=1S/C18H12BrCl/c19-18-8-4-3-7-17(18)16-6-2-1-5-15(16)13-9-11-14(20)12-10-13/h1-12H. The molecule has 0 aliphatic carbocycles. The van der Waals surface area contributed by atoms with E-state index in [0.29, 0.717) is 0 Å². The summed E-state index contributed by atoms with van der Waals surface area (Å²) in [4.78, 5) is 0. The van der Waals surface area contributed by atoms with Gasteiger partial charge in [0.05, 0.1) is 0 Å². The van der Waals surface area contributed by atoms with Crippen LogP contribution in [0.1, 0.15) is 0 Å². The van der Waals surface area contributed by atoms with Gasteiger partial charge in [-0.05, 0) is 40.5 Å². The maximum absolute atomic E-state index is 5.97. The molecule has 3 aromatic carbocycles. The van der Waals surface area contributed by atoms with Gasteiger partial charge < -0.3 is 0 Å². The lowest BCUT2D eigenvalue weighted by molar-refractivity contribution is 1.56. The number of benzene rings is 3. The number of hydrogen-bond donors (Lipinski definition) is 0. The molecule has 3 rings (SSSR count). The molecule has 3 aromatic rings. The average molecular weight is 344 g/mol. The van der Waals surface area contributed by atoms with E-state index in [-0.39, 0.29) is 0 Å². The van der Waals surface area contributed by atoms with Crippen LogP contribution in [0.4, 0.5) is 0 Å². The van der Waals surface area contributed by atoms with Gasteiger partial charge in [0.1, 0.15) is 0 Å². The van der Waals surface area contributed by atoms with Gasteiger partial charge in [-0.3, -0.25) is 0 Å². The van der Waals surface area contributed by atoms with Crippen LogP contribution in [0.25, 0.3) is 22.3 Å². The third-order valence-corrected chi connectivity index (χ3v) is 4.19. The second kappa shape index (κ2) is 5.82. The summed E-state index contributed by atoms with van der Waals surface area (Å²) < 4.78 is 1.10. The van der Waals surface area contributed by atoms with Gasteiger partial charge in [-0.1, -0.05) is 82.1 Å². The first kappa shape index (κ1) is 13.4. The molecular weight excluding hydrogens is 332 g/mol. The molecule has 20 heavy (non-hydrogen) atoms. The van der Waals surface area contributed by atoms with Crippen LogP contribution in [-0.4, -0.2) is 0 Å². The van der Waals surface area contributed by atoms with Crippen LogP contribution in [0.15, 0.2) is 77.3 Å². The molecule has 0 heterocycles. The molecule has 0 bridgehead atoms. The van der Waals surface area contributed by atoms with E-state index in [1.165, 1.54) is 22.3 Å². The Morgan fingerprint density at radius 3 is 1.80 bits per heavy atom. The molecule has 0 atom stereocenters. The zero-order valence-corrected chi connectivity index (χ0v) is 13.0. The lowest BCUT2D eigenvalue weighted by Crippen LogP contribution is -1.85. The van der Waals surface area contributed by atoms with Crippen LogP contribution in [0, 0.1) is 0 Å². The normalized spacial score (nSPS) is 10.5. The maximum Gasteiger partial charge on any atom is 0.0406 e. The molecule has 0 amide bonds. The average Bonchev–Trinajstić information content (AvgIpc) is 2.49. The van der Waals surface area contributed by atoms with E-state index in [1.54, 1.807) is 0 Å². The zero-order valence-electron chi connectivity index (χ0n) is 10.7. The van der Waals surface area contributed by atoms with Gasteiger partial charge in [0, 0.05) is 9.50 Å². The smallest absolute Gasteiger partial charge is 0.0406 e. The highest BCUT2D eigenvalue weighted by Crippen LogP contribution is 2.36. The predicted molar refractivity (Wildman–Crippen MR) is 90.0 cm³/mol. The first-order valence-corrected chi connectivity index (χ1v) is 7.52. The summed E-state index contributed by atoms with van der Waals surface area (Å²) in [5, 5.41) is 0.757. The molecule has 0 spiro atoms. The molecule has 98 valence electrons. The lowest BCUT2D eigenvalue weighted by atomic mass is 9.95. The Balaban J connectivity index is 2.19. The predicted octanol–water partition coefficient (Wildman–Crippen LogP) is 6.44. The molecule has 0 saturated heterocycles. The highest BCUT2D eigenvalue weighted by Gasteiger charge is 2.09. The van der Waals surface area contributed by atoms with E-state index in [2.05, 4.69) is 70.5 Å². The summed E-state index contributed by atoms with van der Waals surface area (Å²) in [7, 11) is 0. The van der Waals surface area contributed by atoms with Gasteiger partial charge in [0.25, 0.3) is 0 Å². The van der Waals surface area contributed by atoms with Crippen molar-refractivity contribution in [1.82, 2.24) is 0 Å². The van der Waals surface area contributed by atoms with Crippen LogP contribution >= 0.6 is 27.5 Å². The molecule has 0 aromatic heterocycles. The van der Waals surface area contributed by atoms with Crippen molar-refractivity contribution in [2.24, 2.45) is 0 Å². The minimum Gasteiger partial charge on any atom is -0.0843 e. The summed E-state index contributed by atoms with van der Waals surface area (Å²) in [6, 6.07) is 24.6. The second-order valence-corrected chi connectivity index (χ2v) is 5.82. The summed E-state index contributed by atoms with van der Waals surface area (Å²) in [6.07, 6.45) is 0. The van der Waals surface area contributed by atoms with E-state index >= 15 is 0 Å². The Morgan fingerprint density at radius 2 is 1.15 bits per heavy atom. The van der Waals surface area contributed by atoms with Crippen LogP contribution in [0.5, 0.6) is 0 Å². The Kier molecular flexibility index (Phi) is 3.90. The van der Waals surface area contributed by atoms with Crippen LogP contribution in [0.2, 0.25) is 5.02 Å². The van der Waals surface area contributed by atoms with Gasteiger partial charge in [-0.25, -0.2) is 0 Å². The highest BCUT2D eigenvalue weighted by atomic mass is 79.9. The second-order valence-electron chi connectivity index (χ2n) is 4.53. The van der Waals surface area contributed by atoms with Crippen molar-refractivity contribution in [2.75, 3.05) is 0 Å². The molecule has 0 N–H and O–H groups in total. The molecular formula is C18H12BrCl. The van der Waals surface area contributed by atoms with Crippen LogP contribution < -0.4 is 0 Å². The lowest BCUT2D eigenvalue weighted by Gasteiger charge is -2.11. The molecule has 0 unspecified atom stereocenters. The van der Waals surface area contributed by atoms with Gasteiger partial charge in [-0.15, -0.1) is 0 Å². The van der Waals surface area contributed by atoms with Crippen molar-refractivity contribution in [3.63, 3.8) is 0 Å². The van der Waals surface area contributed by atoms with Crippen molar-refractivity contribution in [2.45, 2.75) is 0 Å². The van der Waals surface area contributed by atoms with E-state index in [1.807, 2.05) is 18.2 Å². The third kappa shape index (κ3) is 2.65. The van der Waals surface area contributed by atoms with E-state index in [0.717, 1.165) is 9.50 Å². The number of hydrogen-bond acceptors (Lipinski definition) is 0. The van der Waals surface area contributed by atoms with E-state index < -0.39 is 0 Å². The summed E-state index contributed by atoms with van der Waals surface area (Å²) in [6.45, 7) is 0. The largest absolute Gasteiger partial charge is 0.0843 e. The summed E-state index contributed by atoms with van der Waals surface area (Å²) >= 11 is 9.60. The summed E-state index contributed by atoms with van der Waals surface area (Å²) in [5.74, 6) is 0. The minimum atomic E-state index is 0.757. The van der Waals surface area contributed by atoms with Gasteiger partial charge >= 0.3 is 0 Å². The Morgan fingerprint density at radius 1 is 0.600 bits per heavy atom. The molecule has 0 aliphatic rings. The Labute approximate surface area is 132 Å². The van der Waals surface area contributed by atoms with Crippen LogP contribution in [0.3, 0.4) is 0 Å². The van der Waals surface area contributed by atoms with Gasteiger partial charge in [0.2, 0.25) is 0 Å². The SMILES string of the molecule is Clc1ccc(-c2ccccc2-c2ccccc2Br)cc1. The molecule has 0 aliphatic heterocycles. The van der Waals surface area contributed by atoms with Crippen molar-refractivity contribution in [3.8, 4) is 22.3 Å². The van der Waals surface area contributed by atoms with Crippen molar-refractivity contribution in [3.05, 3.63) is 82.3 Å². The monoisotopic (exact) mass is 342 g/mol. The Bertz CT molecular complexity index is 732. The van der Waals surface area contributed by atoms with Crippen molar-refractivity contribution < 1.29 is 0 Å². The van der Waals surface area contributed by atoms with E-state index in [4.69, 9.17) is 11.6 Å². The quantitative estimate of drug-likeness (QED) is 0.502. The van der Waals surface area contributed by atoms with Gasteiger partial charge in [-0.2, -0.15) is 0 Å². The third-order valence-electron chi connectivity index (χ3n) is 3.25. The molecule has 0 radical (unpaired) electrons. The fourth-order valence-electron chi connectivity index (χ4n) is 2.28. The fraction of sp³-hybridized carbons (Fsp3) is 0. The Hall–Kier alpha value is -1.57. The van der Waals surface area contributed by atoms with Crippen LogP contribution in [-0.2, 0) is 0 Å². The van der Waals surface area contributed by atoms with Crippen molar-refractivity contribution >= 4 is 27.5 Å². The van der Waals surface area contributed by atoms with Gasteiger partial charge in [0.15, 0.2) is 0 Å². The minimum absolute atomic E-state index is 0.757. The molecule has 0 fully saturated rings. The number of halogens is 2. The highest BCUT2D eigenvalue weighted by molar-refractivity contribution is 9.10. The molecule has 2 heteroatoms. The fourth-order valence-corrected chi connectivity index (χ4v) is 2.90. The summed E-state index contributed by atoms with van der Waals surface area (Å²) in [5.41, 5.74) is 4.78. The van der Waals surface area contributed by atoms with E-state index in [9.17, 15) is 0 Å². The first-order valence-electron chi connectivity index (χ1n) is 6.35. The molecule has 0 saturated carbocycles. The first-order chi connectivity index (χ1) is 9.75. The van der Waals surface area contributed by atoms with Crippen molar-refractivity contribution in [1.29, 1.82) is 0 Å². The molecule has 0 nitrogen and oxygen atoms in total. The topological polar surface area (TPSA) is 0 Å². The maximum atomic E-state index is 5.97.